The van der Waals surface area contributed by atoms with Crippen molar-refractivity contribution in [2.24, 2.45) is 0 Å². The Labute approximate surface area is 173 Å². The van der Waals surface area contributed by atoms with Gasteiger partial charge in [0.1, 0.15) is 0 Å². The molecule has 4 rings (SSSR count). The Balaban J connectivity index is 1.36. The summed E-state index contributed by atoms with van der Waals surface area (Å²) in [5.74, 6) is 0.889. The molecule has 0 N–H and O–H groups in total. The van der Waals surface area contributed by atoms with Gasteiger partial charge in [0.25, 0.3) is 11.7 Å². The Bertz CT molecular complexity index is 849. The van der Waals surface area contributed by atoms with Crippen molar-refractivity contribution in [3.05, 3.63) is 41.2 Å². The minimum atomic E-state index is -0.286. The van der Waals surface area contributed by atoms with Crippen LogP contribution in [0, 0.1) is 0 Å². The highest BCUT2D eigenvalue weighted by Crippen LogP contribution is 2.39. The van der Waals surface area contributed by atoms with Gasteiger partial charge < -0.3 is 9.80 Å². The van der Waals surface area contributed by atoms with Crippen LogP contribution >= 0.6 is 0 Å². The van der Waals surface area contributed by atoms with Crippen molar-refractivity contribution >= 4 is 5.91 Å². The summed E-state index contributed by atoms with van der Waals surface area (Å²) in [5, 5.41) is 12.4. The number of carbonyl (C=O) groups excluding carboxylic acids is 1. The molecule has 1 amide bonds. The Hall–Kier alpha value is -2.28. The minimum Gasteiger partial charge on any atom is -0.332 e. The first-order valence-electron chi connectivity index (χ1n) is 10.7. The molecule has 1 atom stereocenters. The molecular weight excluding hydrogens is 364 g/mol. The van der Waals surface area contributed by atoms with Crippen LogP contribution in [0.4, 0.5) is 0 Å². The van der Waals surface area contributed by atoms with Gasteiger partial charge in [-0.3, -0.25) is 4.79 Å². The van der Waals surface area contributed by atoms with Crippen LogP contribution in [0.2, 0.25) is 0 Å². The van der Waals surface area contributed by atoms with Crippen LogP contribution in [-0.2, 0) is 12.1 Å². The fourth-order valence-electron chi connectivity index (χ4n) is 4.05. The zero-order valence-electron chi connectivity index (χ0n) is 18.0. The summed E-state index contributed by atoms with van der Waals surface area (Å²) in [6, 6.07) is 9.24. The summed E-state index contributed by atoms with van der Waals surface area (Å²) in [6.07, 6.45) is 4.71. The summed E-state index contributed by atoms with van der Waals surface area (Å²) in [5.41, 5.74) is 2.51. The monoisotopic (exact) mass is 396 g/mol. The van der Waals surface area contributed by atoms with E-state index in [4.69, 9.17) is 0 Å². The van der Waals surface area contributed by atoms with E-state index in [0.717, 1.165) is 38.4 Å². The van der Waals surface area contributed by atoms with Gasteiger partial charge in [-0.05, 0) is 75.8 Å². The molecule has 7 heteroatoms. The molecule has 1 aromatic carbocycles. The number of rotatable bonds is 6. The number of hydrogen-bond donors (Lipinski definition) is 0. The quantitative estimate of drug-likeness (QED) is 0.751. The lowest BCUT2D eigenvalue weighted by molar-refractivity contribution is 0.0694. The number of likely N-dealkylation sites (N-methyl/N-ethyl adjacent to an activating group) is 1. The van der Waals surface area contributed by atoms with Crippen molar-refractivity contribution < 1.29 is 4.79 Å². The lowest BCUT2D eigenvalue weighted by atomic mass is 10.1. The molecule has 0 spiro atoms. The van der Waals surface area contributed by atoms with Crippen LogP contribution in [0.3, 0.4) is 0 Å². The van der Waals surface area contributed by atoms with Gasteiger partial charge in [0.05, 0.1) is 5.54 Å². The first kappa shape index (κ1) is 20.0. The molecule has 1 saturated heterocycles. The fourth-order valence-corrected chi connectivity index (χ4v) is 4.05. The Kier molecular flexibility index (Phi) is 5.42. The summed E-state index contributed by atoms with van der Waals surface area (Å²) in [6.45, 7) is 8.48. The number of benzene rings is 1. The Morgan fingerprint density at radius 1 is 1.17 bits per heavy atom. The molecule has 0 bridgehead atoms. The van der Waals surface area contributed by atoms with Gasteiger partial charge in [-0.15, -0.1) is 10.2 Å². The molecule has 1 aliphatic carbocycles. The van der Waals surface area contributed by atoms with Gasteiger partial charge in [-0.1, -0.05) is 24.3 Å². The molecule has 156 valence electrons. The maximum atomic E-state index is 13.0. The number of tetrazole rings is 1. The largest absolute Gasteiger partial charge is 0.332 e. The van der Waals surface area contributed by atoms with Crippen LogP contribution < -0.4 is 0 Å². The maximum absolute atomic E-state index is 13.0. The molecule has 2 aromatic rings. The standard InChI is InChI=1S/C22H32N6O/c1-22(2,3)28-24-20(23-25-28)21(29)27-13-5-6-19(27)15-26(4)14-16-7-9-17(10-8-16)18-11-12-18/h7-10,18-19H,5-6,11-15H2,1-4H3. The fraction of sp³-hybridized carbons (Fsp3) is 0.636. The van der Waals surface area contributed by atoms with Crippen molar-refractivity contribution in [2.45, 2.75) is 70.5 Å². The number of hydrogen-bond acceptors (Lipinski definition) is 5. The van der Waals surface area contributed by atoms with Crippen molar-refractivity contribution in [2.75, 3.05) is 20.1 Å². The molecule has 1 unspecified atom stereocenters. The van der Waals surface area contributed by atoms with Gasteiger partial charge in [-0.25, -0.2) is 0 Å². The topological polar surface area (TPSA) is 67.2 Å². The smallest absolute Gasteiger partial charge is 0.295 e. The highest BCUT2D eigenvalue weighted by Gasteiger charge is 2.33. The number of aromatic nitrogens is 4. The average molecular weight is 397 g/mol. The lowest BCUT2D eigenvalue weighted by Gasteiger charge is -2.28. The third-order valence-corrected chi connectivity index (χ3v) is 5.85. The van der Waals surface area contributed by atoms with Gasteiger partial charge in [-0.2, -0.15) is 4.80 Å². The molecule has 1 aliphatic heterocycles. The highest BCUT2D eigenvalue weighted by molar-refractivity contribution is 5.90. The SMILES string of the molecule is CN(Cc1ccc(C2CC2)cc1)CC1CCCN1C(=O)c1nnn(C(C)(C)C)n1. The van der Waals surface area contributed by atoms with E-state index < -0.39 is 0 Å². The zero-order valence-corrected chi connectivity index (χ0v) is 18.0. The van der Waals surface area contributed by atoms with E-state index in [9.17, 15) is 4.79 Å². The average Bonchev–Trinajstić information content (AvgIpc) is 3.20. The van der Waals surface area contributed by atoms with Crippen molar-refractivity contribution in [3.63, 3.8) is 0 Å². The lowest BCUT2D eigenvalue weighted by Crippen LogP contribution is -2.42. The van der Waals surface area contributed by atoms with Crippen molar-refractivity contribution in [1.82, 2.24) is 30.0 Å². The summed E-state index contributed by atoms with van der Waals surface area (Å²) < 4.78 is 0. The van der Waals surface area contributed by atoms with Gasteiger partial charge in [0.15, 0.2) is 0 Å². The molecule has 0 radical (unpaired) electrons. The van der Waals surface area contributed by atoms with E-state index in [1.807, 2.05) is 25.7 Å². The number of likely N-dealkylation sites (tertiary alicyclic amines) is 1. The summed E-state index contributed by atoms with van der Waals surface area (Å²) >= 11 is 0. The second-order valence-electron chi connectivity index (χ2n) is 9.58. The molecule has 2 aliphatic rings. The minimum absolute atomic E-state index is 0.106. The van der Waals surface area contributed by atoms with E-state index in [1.165, 1.54) is 28.8 Å². The predicted octanol–water partition coefficient (Wildman–Crippen LogP) is 3.04. The van der Waals surface area contributed by atoms with Crippen LogP contribution in [0.25, 0.3) is 0 Å². The van der Waals surface area contributed by atoms with E-state index in [-0.39, 0.29) is 23.3 Å². The zero-order chi connectivity index (χ0) is 20.6. The number of carbonyl (C=O) groups is 1. The van der Waals surface area contributed by atoms with Gasteiger partial charge in [0.2, 0.25) is 0 Å². The third kappa shape index (κ3) is 4.66. The molecule has 2 heterocycles. The molecule has 1 aromatic heterocycles. The molecular formula is C22H32N6O. The van der Waals surface area contributed by atoms with Gasteiger partial charge in [0, 0.05) is 25.7 Å². The molecule has 29 heavy (non-hydrogen) atoms. The highest BCUT2D eigenvalue weighted by atomic mass is 16.2. The first-order valence-corrected chi connectivity index (χ1v) is 10.7. The van der Waals surface area contributed by atoms with Crippen LogP contribution in [-0.4, -0.2) is 62.1 Å². The van der Waals surface area contributed by atoms with E-state index in [2.05, 4.69) is 51.6 Å². The van der Waals surface area contributed by atoms with Crippen molar-refractivity contribution in [1.29, 1.82) is 0 Å². The maximum Gasteiger partial charge on any atom is 0.295 e. The van der Waals surface area contributed by atoms with E-state index in [0.29, 0.717) is 0 Å². The van der Waals surface area contributed by atoms with E-state index in [1.54, 1.807) is 0 Å². The normalized spacial score (nSPS) is 19.9. The van der Waals surface area contributed by atoms with Crippen LogP contribution in [0.15, 0.2) is 24.3 Å². The molecule has 2 fully saturated rings. The van der Waals surface area contributed by atoms with Crippen molar-refractivity contribution in [3.8, 4) is 0 Å². The second-order valence-corrected chi connectivity index (χ2v) is 9.58. The van der Waals surface area contributed by atoms with Crippen LogP contribution in [0.5, 0.6) is 0 Å². The van der Waals surface area contributed by atoms with Crippen LogP contribution in [0.1, 0.15) is 74.1 Å². The van der Waals surface area contributed by atoms with Gasteiger partial charge >= 0.3 is 0 Å². The Morgan fingerprint density at radius 2 is 1.90 bits per heavy atom. The summed E-state index contributed by atoms with van der Waals surface area (Å²) in [7, 11) is 2.13. The molecule has 7 nitrogen and oxygen atoms in total. The number of nitrogens with zero attached hydrogens (tertiary/aromatic N) is 6. The first-order chi connectivity index (χ1) is 13.8. The predicted molar refractivity (Wildman–Crippen MR) is 112 cm³/mol. The third-order valence-electron chi connectivity index (χ3n) is 5.85. The number of amides is 1. The summed E-state index contributed by atoms with van der Waals surface area (Å²) in [4.78, 5) is 18.7. The molecule has 1 saturated carbocycles. The second kappa shape index (κ2) is 7.86. The Morgan fingerprint density at radius 3 is 2.52 bits per heavy atom. The van der Waals surface area contributed by atoms with E-state index >= 15 is 0 Å².